The quantitative estimate of drug-likeness (QED) is 0.348. The molecule has 10 heteroatoms. The second kappa shape index (κ2) is 10.9. The summed E-state index contributed by atoms with van der Waals surface area (Å²) < 4.78 is 13.5. The monoisotopic (exact) mass is 469 g/mol. The molecule has 4 rings (SSSR count). The van der Waals surface area contributed by atoms with Gasteiger partial charge in [0.2, 0.25) is 5.88 Å². The number of aryl methyl sites for hydroxylation is 2. The number of fused-ring (bicyclic) bond motifs is 1. The van der Waals surface area contributed by atoms with Gasteiger partial charge in [-0.05, 0) is 31.2 Å². The number of hydrogen-bond acceptors (Lipinski definition) is 8. The lowest BCUT2D eigenvalue weighted by molar-refractivity contribution is 0.306. The van der Waals surface area contributed by atoms with Gasteiger partial charge in [0.15, 0.2) is 5.82 Å². The maximum absolute atomic E-state index is 6.06. The zero-order valence-electron chi connectivity index (χ0n) is 19.1. The maximum atomic E-state index is 6.06. The van der Waals surface area contributed by atoms with Crippen LogP contribution in [0.1, 0.15) is 19.4 Å². The first-order valence-electron chi connectivity index (χ1n) is 10.5. The molecule has 0 saturated carbocycles. The van der Waals surface area contributed by atoms with Crippen molar-refractivity contribution < 1.29 is 9.47 Å². The van der Waals surface area contributed by atoms with Crippen LogP contribution in [0.2, 0.25) is 0 Å². The van der Waals surface area contributed by atoms with E-state index < -0.39 is 0 Å². The van der Waals surface area contributed by atoms with Gasteiger partial charge in [-0.2, -0.15) is 5.10 Å². The van der Waals surface area contributed by atoms with Gasteiger partial charge in [0, 0.05) is 42.8 Å². The average Bonchev–Trinajstić information content (AvgIpc) is 3.18. The first-order valence-corrected chi connectivity index (χ1v) is 10.5. The maximum Gasteiger partial charge on any atom is 0.222 e. The number of nitrogens with one attached hydrogen (secondary N) is 2. The van der Waals surface area contributed by atoms with Gasteiger partial charge in [0.05, 0.1) is 11.7 Å². The summed E-state index contributed by atoms with van der Waals surface area (Å²) in [5, 5.41) is 11.7. The van der Waals surface area contributed by atoms with Gasteiger partial charge < -0.3 is 20.1 Å². The molecule has 3 aromatic heterocycles. The van der Waals surface area contributed by atoms with Crippen molar-refractivity contribution >= 4 is 34.9 Å². The Balaban J connectivity index is 0.00000306. The summed E-state index contributed by atoms with van der Waals surface area (Å²) in [6, 6.07) is 9.89. The van der Waals surface area contributed by atoms with E-state index in [9.17, 15) is 0 Å². The highest BCUT2D eigenvalue weighted by molar-refractivity contribution is 5.91. The van der Waals surface area contributed by atoms with Crippen molar-refractivity contribution in [3.63, 3.8) is 0 Å². The minimum absolute atomic E-state index is 0. The van der Waals surface area contributed by atoms with Gasteiger partial charge in [0.1, 0.15) is 30.3 Å². The van der Waals surface area contributed by atoms with Crippen molar-refractivity contribution in [1.29, 1.82) is 0 Å². The molecule has 4 aromatic rings. The highest BCUT2D eigenvalue weighted by atomic mass is 35.5. The molecule has 0 aliphatic heterocycles. The minimum Gasteiger partial charge on any atom is -0.491 e. The van der Waals surface area contributed by atoms with E-state index in [0.29, 0.717) is 41.7 Å². The highest BCUT2D eigenvalue weighted by Crippen LogP contribution is 2.30. The molecule has 0 aliphatic rings. The molecule has 0 amide bonds. The van der Waals surface area contributed by atoms with Crippen molar-refractivity contribution in [1.82, 2.24) is 30.0 Å². The molecule has 1 aromatic carbocycles. The van der Waals surface area contributed by atoms with Gasteiger partial charge >= 0.3 is 0 Å². The molecule has 2 N–H and O–H groups in total. The summed E-state index contributed by atoms with van der Waals surface area (Å²) in [4.78, 5) is 13.1. The Morgan fingerprint density at radius 3 is 2.64 bits per heavy atom. The number of rotatable bonds is 9. The van der Waals surface area contributed by atoms with E-state index in [1.54, 1.807) is 10.9 Å². The molecule has 0 aliphatic carbocycles. The Morgan fingerprint density at radius 2 is 1.91 bits per heavy atom. The third kappa shape index (κ3) is 6.30. The summed E-state index contributed by atoms with van der Waals surface area (Å²) in [7, 11) is 1.86. The lowest BCUT2D eigenvalue weighted by Gasteiger charge is -2.12. The van der Waals surface area contributed by atoms with Crippen molar-refractivity contribution in [3.8, 4) is 17.4 Å². The van der Waals surface area contributed by atoms with Gasteiger partial charge in [0.25, 0.3) is 0 Å². The average molecular weight is 470 g/mol. The molecular formula is C23H28ClN7O2. The van der Waals surface area contributed by atoms with Crippen LogP contribution in [0.5, 0.6) is 17.4 Å². The lowest BCUT2D eigenvalue weighted by atomic mass is 10.2. The molecule has 0 atom stereocenters. The molecule has 0 spiro atoms. The molecule has 33 heavy (non-hydrogen) atoms. The van der Waals surface area contributed by atoms with Crippen LogP contribution in [0.15, 0.2) is 49.1 Å². The Bertz CT molecular complexity index is 1210. The van der Waals surface area contributed by atoms with Crippen molar-refractivity contribution in [2.45, 2.75) is 26.8 Å². The van der Waals surface area contributed by atoms with E-state index in [0.717, 1.165) is 23.0 Å². The second-order valence-corrected chi connectivity index (χ2v) is 7.75. The predicted molar refractivity (Wildman–Crippen MR) is 131 cm³/mol. The highest BCUT2D eigenvalue weighted by Gasteiger charge is 2.10. The van der Waals surface area contributed by atoms with Crippen LogP contribution >= 0.6 is 12.4 Å². The van der Waals surface area contributed by atoms with Crippen LogP contribution in [0.3, 0.4) is 0 Å². The van der Waals surface area contributed by atoms with Crippen LogP contribution in [-0.2, 0) is 7.05 Å². The minimum atomic E-state index is 0. The van der Waals surface area contributed by atoms with E-state index in [2.05, 4.69) is 44.5 Å². The largest absolute Gasteiger partial charge is 0.491 e. The number of benzene rings is 1. The van der Waals surface area contributed by atoms with Crippen LogP contribution < -0.4 is 20.1 Å². The van der Waals surface area contributed by atoms with Crippen molar-refractivity contribution in [2.75, 3.05) is 18.5 Å². The molecule has 0 radical (unpaired) electrons. The predicted octanol–water partition coefficient (Wildman–Crippen LogP) is 4.40. The molecule has 0 fully saturated rings. The van der Waals surface area contributed by atoms with Crippen LogP contribution in [-0.4, -0.2) is 43.9 Å². The summed E-state index contributed by atoms with van der Waals surface area (Å²) >= 11 is 0. The number of ether oxygens (including phenoxy) is 2. The number of pyridine rings is 1. The van der Waals surface area contributed by atoms with Crippen LogP contribution in [0.4, 0.5) is 11.6 Å². The van der Waals surface area contributed by atoms with E-state index in [1.807, 2.05) is 50.5 Å². The first kappa shape index (κ1) is 24.2. The molecule has 0 bridgehead atoms. The van der Waals surface area contributed by atoms with Crippen molar-refractivity contribution in [2.24, 2.45) is 7.05 Å². The van der Waals surface area contributed by atoms with E-state index >= 15 is 0 Å². The summed E-state index contributed by atoms with van der Waals surface area (Å²) in [6.07, 6.45) is 5.06. The third-order valence-corrected chi connectivity index (χ3v) is 4.71. The molecular weight excluding hydrogens is 442 g/mol. The van der Waals surface area contributed by atoms with E-state index in [1.165, 1.54) is 6.33 Å². The SMILES string of the molecule is Cc1cc(OCCNC(C)C)cnc1Oc1ccc2ncnc(Nc3ccn(C)n3)c2c1.Cl. The van der Waals surface area contributed by atoms with E-state index in [4.69, 9.17) is 9.47 Å². The summed E-state index contributed by atoms with van der Waals surface area (Å²) in [6.45, 7) is 7.52. The number of nitrogens with zero attached hydrogens (tertiary/aromatic N) is 5. The summed E-state index contributed by atoms with van der Waals surface area (Å²) in [5.74, 6) is 3.24. The van der Waals surface area contributed by atoms with Gasteiger partial charge in [-0.1, -0.05) is 13.8 Å². The molecule has 9 nitrogen and oxygen atoms in total. The third-order valence-electron chi connectivity index (χ3n) is 4.71. The van der Waals surface area contributed by atoms with E-state index in [-0.39, 0.29) is 12.4 Å². The van der Waals surface area contributed by atoms with Gasteiger partial charge in [-0.25, -0.2) is 15.0 Å². The molecule has 174 valence electrons. The zero-order valence-corrected chi connectivity index (χ0v) is 19.9. The van der Waals surface area contributed by atoms with Crippen LogP contribution in [0, 0.1) is 6.92 Å². The number of hydrogen-bond donors (Lipinski definition) is 2. The smallest absolute Gasteiger partial charge is 0.222 e. The molecule has 0 unspecified atom stereocenters. The fourth-order valence-electron chi connectivity index (χ4n) is 3.15. The Kier molecular flexibility index (Phi) is 8.02. The topological polar surface area (TPSA) is 99.0 Å². The van der Waals surface area contributed by atoms with Gasteiger partial charge in [-0.3, -0.25) is 4.68 Å². The van der Waals surface area contributed by atoms with Crippen LogP contribution in [0.25, 0.3) is 10.9 Å². The number of aromatic nitrogens is 5. The number of anilines is 2. The lowest BCUT2D eigenvalue weighted by Crippen LogP contribution is -2.27. The zero-order chi connectivity index (χ0) is 22.5. The Hall–Kier alpha value is -3.43. The normalized spacial score (nSPS) is 10.8. The first-order chi connectivity index (χ1) is 15.5. The van der Waals surface area contributed by atoms with Crippen molar-refractivity contribution in [3.05, 3.63) is 54.6 Å². The molecule has 3 heterocycles. The Morgan fingerprint density at radius 1 is 1.06 bits per heavy atom. The van der Waals surface area contributed by atoms with Gasteiger partial charge in [-0.15, -0.1) is 12.4 Å². The summed E-state index contributed by atoms with van der Waals surface area (Å²) in [5.41, 5.74) is 1.68. The second-order valence-electron chi connectivity index (χ2n) is 7.75. The standard InChI is InChI=1S/C23H27N7O2.ClH/c1-15(2)24-8-10-31-18-11-16(3)23(25-13-18)32-17-5-6-20-19(12-17)22(27-14-26-20)28-21-7-9-30(4)29-21;/h5-7,9,11-15,24H,8,10H2,1-4H3,(H,26,27,28,29);1H. The fourth-order valence-corrected chi connectivity index (χ4v) is 3.15. The molecule has 0 saturated heterocycles. The fraction of sp³-hybridized carbons (Fsp3) is 0.304. The Labute approximate surface area is 199 Å². The number of halogens is 1.